The number of benzene rings is 1. The van der Waals surface area contributed by atoms with Gasteiger partial charge in [0, 0.05) is 37.5 Å². The standard InChI is InChI=1S/C23H30N2O3/c1-28-20-13-17-5-2-4-16(17)12-19(20)22(27)24-11-3-9-23(14-24)10-8-21(26)25(15-23)18-6-7-18/h12-13,18H,2-11,14-15H2,1H3/t23-/m1/s1. The summed E-state index contributed by atoms with van der Waals surface area (Å²) in [6, 6.07) is 4.61. The number of fused-ring (bicyclic) bond motifs is 1. The summed E-state index contributed by atoms with van der Waals surface area (Å²) < 4.78 is 5.59. The van der Waals surface area contributed by atoms with Crippen molar-refractivity contribution in [2.45, 2.75) is 63.8 Å². The summed E-state index contributed by atoms with van der Waals surface area (Å²) in [5, 5.41) is 0. The number of aryl methyl sites for hydroxylation is 2. The largest absolute Gasteiger partial charge is 0.496 e. The van der Waals surface area contributed by atoms with Crippen LogP contribution in [-0.2, 0) is 17.6 Å². The predicted octanol–water partition coefficient (Wildman–Crippen LogP) is 3.19. The number of likely N-dealkylation sites (tertiary alicyclic amines) is 2. The quantitative estimate of drug-likeness (QED) is 0.807. The molecule has 1 spiro atoms. The van der Waals surface area contributed by atoms with Crippen molar-refractivity contribution < 1.29 is 14.3 Å². The molecule has 0 aromatic heterocycles. The van der Waals surface area contributed by atoms with Crippen molar-refractivity contribution in [1.82, 2.24) is 9.80 Å². The first-order valence-corrected chi connectivity index (χ1v) is 10.9. The van der Waals surface area contributed by atoms with Crippen LogP contribution in [0.2, 0.25) is 0 Å². The van der Waals surface area contributed by atoms with Crippen LogP contribution in [0.5, 0.6) is 5.75 Å². The molecule has 2 amide bonds. The van der Waals surface area contributed by atoms with Crippen LogP contribution in [-0.4, -0.2) is 54.4 Å². The lowest BCUT2D eigenvalue weighted by atomic mass is 9.73. The third-order valence-corrected chi connectivity index (χ3v) is 7.28. The summed E-state index contributed by atoms with van der Waals surface area (Å²) in [5.74, 6) is 1.13. The Hall–Kier alpha value is -2.04. The molecule has 28 heavy (non-hydrogen) atoms. The van der Waals surface area contributed by atoms with E-state index in [4.69, 9.17) is 4.74 Å². The number of piperidine rings is 2. The molecule has 2 saturated heterocycles. The van der Waals surface area contributed by atoms with Crippen molar-refractivity contribution in [3.63, 3.8) is 0 Å². The fraction of sp³-hybridized carbons (Fsp3) is 0.652. The average Bonchev–Trinajstić information content (AvgIpc) is 3.46. The molecule has 5 heteroatoms. The van der Waals surface area contributed by atoms with Gasteiger partial charge in [0.1, 0.15) is 5.75 Å². The summed E-state index contributed by atoms with van der Waals surface area (Å²) in [6.07, 6.45) is 9.29. The van der Waals surface area contributed by atoms with Crippen LogP contribution in [0.1, 0.15) is 66.4 Å². The highest BCUT2D eigenvalue weighted by atomic mass is 16.5. The Kier molecular flexibility index (Phi) is 4.37. The van der Waals surface area contributed by atoms with Crippen LogP contribution in [0.4, 0.5) is 0 Å². The molecule has 1 saturated carbocycles. The van der Waals surface area contributed by atoms with Crippen molar-refractivity contribution in [3.8, 4) is 5.75 Å². The number of carbonyl (C=O) groups is 2. The van der Waals surface area contributed by atoms with E-state index < -0.39 is 0 Å². The first kappa shape index (κ1) is 18.0. The monoisotopic (exact) mass is 382 g/mol. The highest BCUT2D eigenvalue weighted by Gasteiger charge is 2.46. The van der Waals surface area contributed by atoms with Crippen LogP contribution in [0.15, 0.2) is 12.1 Å². The van der Waals surface area contributed by atoms with Gasteiger partial charge in [-0.15, -0.1) is 0 Å². The summed E-state index contributed by atoms with van der Waals surface area (Å²) in [4.78, 5) is 30.0. The van der Waals surface area contributed by atoms with Gasteiger partial charge in [-0.05, 0) is 74.6 Å². The summed E-state index contributed by atoms with van der Waals surface area (Å²) >= 11 is 0. The third-order valence-electron chi connectivity index (χ3n) is 7.28. The molecule has 2 aliphatic heterocycles. The van der Waals surface area contributed by atoms with Gasteiger partial charge < -0.3 is 14.5 Å². The Labute approximate surface area is 167 Å². The van der Waals surface area contributed by atoms with Crippen molar-refractivity contribution >= 4 is 11.8 Å². The molecule has 150 valence electrons. The van der Waals surface area contributed by atoms with E-state index in [1.807, 2.05) is 4.90 Å². The summed E-state index contributed by atoms with van der Waals surface area (Å²) in [5.41, 5.74) is 3.42. The molecule has 1 atom stereocenters. The van der Waals surface area contributed by atoms with E-state index in [-0.39, 0.29) is 11.3 Å². The molecule has 0 N–H and O–H groups in total. The Morgan fingerprint density at radius 3 is 2.61 bits per heavy atom. The van der Waals surface area contributed by atoms with Gasteiger partial charge in [-0.2, -0.15) is 0 Å². The first-order valence-electron chi connectivity index (χ1n) is 10.9. The van der Waals surface area contributed by atoms with Gasteiger partial charge in [0.25, 0.3) is 5.91 Å². The molecule has 3 fully saturated rings. The van der Waals surface area contributed by atoms with Crippen LogP contribution in [0.3, 0.4) is 0 Å². The summed E-state index contributed by atoms with van der Waals surface area (Å²) in [6.45, 7) is 2.41. The number of hydrogen-bond acceptors (Lipinski definition) is 3. The molecule has 0 bridgehead atoms. The van der Waals surface area contributed by atoms with E-state index in [1.54, 1.807) is 7.11 Å². The van der Waals surface area contributed by atoms with E-state index in [9.17, 15) is 9.59 Å². The number of amides is 2. The number of nitrogens with zero attached hydrogens (tertiary/aromatic N) is 2. The zero-order chi connectivity index (χ0) is 19.3. The Morgan fingerprint density at radius 1 is 1.07 bits per heavy atom. The Balaban J connectivity index is 1.38. The number of hydrogen-bond donors (Lipinski definition) is 0. The van der Waals surface area contributed by atoms with Gasteiger partial charge in [0.05, 0.1) is 12.7 Å². The second-order valence-corrected chi connectivity index (χ2v) is 9.26. The molecule has 2 aliphatic carbocycles. The van der Waals surface area contributed by atoms with Gasteiger partial charge in [-0.3, -0.25) is 9.59 Å². The summed E-state index contributed by atoms with van der Waals surface area (Å²) in [7, 11) is 1.66. The Morgan fingerprint density at radius 2 is 1.86 bits per heavy atom. The van der Waals surface area contributed by atoms with Crippen molar-refractivity contribution in [2.24, 2.45) is 5.41 Å². The lowest BCUT2D eigenvalue weighted by Gasteiger charge is -2.48. The molecule has 5 nitrogen and oxygen atoms in total. The smallest absolute Gasteiger partial charge is 0.257 e. The van der Waals surface area contributed by atoms with Gasteiger partial charge in [0.2, 0.25) is 5.91 Å². The van der Waals surface area contributed by atoms with Gasteiger partial charge in [-0.25, -0.2) is 0 Å². The maximum absolute atomic E-state index is 13.5. The topological polar surface area (TPSA) is 49.9 Å². The van der Waals surface area contributed by atoms with Crippen LogP contribution in [0.25, 0.3) is 0 Å². The second-order valence-electron chi connectivity index (χ2n) is 9.26. The lowest BCUT2D eigenvalue weighted by molar-refractivity contribution is -0.139. The molecular formula is C23H30N2O3. The minimum Gasteiger partial charge on any atom is -0.496 e. The molecule has 5 rings (SSSR count). The minimum absolute atomic E-state index is 0.0778. The predicted molar refractivity (Wildman–Crippen MR) is 107 cm³/mol. The number of rotatable bonds is 3. The third kappa shape index (κ3) is 3.09. The van der Waals surface area contributed by atoms with E-state index in [2.05, 4.69) is 17.0 Å². The number of methoxy groups -OCH3 is 1. The minimum atomic E-state index is 0.0778. The van der Waals surface area contributed by atoms with Crippen molar-refractivity contribution in [1.29, 1.82) is 0 Å². The van der Waals surface area contributed by atoms with E-state index in [1.165, 1.54) is 11.1 Å². The zero-order valence-corrected chi connectivity index (χ0v) is 16.8. The molecule has 0 unspecified atom stereocenters. The fourth-order valence-electron chi connectivity index (χ4n) is 5.59. The van der Waals surface area contributed by atoms with Gasteiger partial charge in [0.15, 0.2) is 0 Å². The SMILES string of the molecule is COc1cc2c(cc1C(=O)N1CCC[C@@]3(CCC(=O)N(C4CC4)C3)C1)CCC2. The van der Waals surface area contributed by atoms with Crippen LogP contribution < -0.4 is 4.74 Å². The normalized spacial score (nSPS) is 27.2. The first-order chi connectivity index (χ1) is 13.6. The molecule has 1 aromatic carbocycles. The molecule has 0 radical (unpaired) electrons. The molecule has 4 aliphatic rings. The number of ether oxygens (including phenoxy) is 1. The van der Waals surface area contributed by atoms with E-state index >= 15 is 0 Å². The van der Waals surface area contributed by atoms with Crippen LogP contribution in [0, 0.1) is 5.41 Å². The van der Waals surface area contributed by atoms with Crippen molar-refractivity contribution in [3.05, 3.63) is 28.8 Å². The molecule has 1 aromatic rings. The fourth-order valence-corrected chi connectivity index (χ4v) is 5.59. The zero-order valence-electron chi connectivity index (χ0n) is 16.8. The number of carbonyl (C=O) groups excluding carboxylic acids is 2. The highest BCUT2D eigenvalue weighted by Crippen LogP contribution is 2.43. The van der Waals surface area contributed by atoms with Gasteiger partial charge >= 0.3 is 0 Å². The van der Waals surface area contributed by atoms with E-state index in [0.717, 1.165) is 71.0 Å². The molecule has 2 heterocycles. The second kappa shape index (κ2) is 6.78. The highest BCUT2D eigenvalue weighted by molar-refractivity contribution is 5.97. The average molecular weight is 383 g/mol. The maximum atomic E-state index is 13.5. The van der Waals surface area contributed by atoms with Gasteiger partial charge in [-0.1, -0.05) is 0 Å². The van der Waals surface area contributed by atoms with Crippen LogP contribution >= 0.6 is 0 Å². The lowest BCUT2D eigenvalue weighted by Crippen LogP contribution is -2.55. The Bertz CT molecular complexity index is 816. The maximum Gasteiger partial charge on any atom is 0.257 e. The van der Waals surface area contributed by atoms with E-state index in [0.29, 0.717) is 29.7 Å². The molecular weight excluding hydrogens is 352 g/mol. The van der Waals surface area contributed by atoms with Crippen molar-refractivity contribution in [2.75, 3.05) is 26.7 Å².